The van der Waals surface area contributed by atoms with Crippen molar-refractivity contribution >= 4 is 11.8 Å². The molecule has 2 heterocycles. The van der Waals surface area contributed by atoms with Crippen LogP contribution < -0.4 is 10.6 Å². The average molecular weight is 237 g/mol. The van der Waals surface area contributed by atoms with Crippen LogP contribution in [0.1, 0.15) is 32.1 Å². The van der Waals surface area contributed by atoms with Gasteiger partial charge in [0.05, 0.1) is 0 Å². The van der Waals surface area contributed by atoms with Crippen LogP contribution in [-0.4, -0.2) is 47.9 Å². The summed E-state index contributed by atoms with van der Waals surface area (Å²) < 4.78 is 0. The van der Waals surface area contributed by atoms with Gasteiger partial charge in [0.15, 0.2) is 0 Å². The Hall–Kier alpha value is -1.10. The van der Waals surface area contributed by atoms with Crippen molar-refractivity contribution in [1.82, 2.24) is 15.5 Å². The Morgan fingerprint density at radius 3 is 2.76 bits per heavy atom. The molecule has 3 aliphatic rings. The number of amides is 2. The Morgan fingerprint density at radius 1 is 1.29 bits per heavy atom. The number of nitrogens with one attached hydrogen (secondary N) is 2. The van der Waals surface area contributed by atoms with Crippen molar-refractivity contribution in [1.29, 1.82) is 0 Å². The topological polar surface area (TPSA) is 61.4 Å². The number of carbonyl (C=O) groups excluding carboxylic acids is 2. The van der Waals surface area contributed by atoms with Crippen molar-refractivity contribution in [2.45, 2.75) is 50.2 Å². The summed E-state index contributed by atoms with van der Waals surface area (Å²) in [6.07, 6.45) is 4.81. The monoisotopic (exact) mass is 237 g/mol. The zero-order valence-electron chi connectivity index (χ0n) is 9.95. The maximum atomic E-state index is 11.9. The Bertz CT molecular complexity index is 341. The number of carbonyl (C=O) groups is 2. The van der Waals surface area contributed by atoms with Crippen molar-refractivity contribution < 1.29 is 9.59 Å². The largest absolute Gasteiger partial charge is 0.350 e. The third-order valence-corrected chi connectivity index (χ3v) is 3.94. The molecule has 0 bridgehead atoms. The van der Waals surface area contributed by atoms with Gasteiger partial charge < -0.3 is 10.6 Å². The van der Waals surface area contributed by atoms with E-state index in [-0.39, 0.29) is 23.9 Å². The van der Waals surface area contributed by atoms with Crippen LogP contribution in [0, 0.1) is 0 Å². The molecule has 2 saturated heterocycles. The number of likely N-dealkylation sites (tertiary alicyclic amines) is 1. The summed E-state index contributed by atoms with van der Waals surface area (Å²) in [7, 11) is 0. The van der Waals surface area contributed by atoms with Crippen LogP contribution >= 0.6 is 0 Å². The maximum absolute atomic E-state index is 11.9. The second-order valence-corrected chi connectivity index (χ2v) is 5.38. The van der Waals surface area contributed by atoms with E-state index in [2.05, 4.69) is 15.5 Å². The fourth-order valence-corrected chi connectivity index (χ4v) is 2.79. The fraction of sp³-hybridized carbons (Fsp3) is 0.833. The van der Waals surface area contributed by atoms with Gasteiger partial charge in [0.25, 0.3) is 0 Å². The van der Waals surface area contributed by atoms with Crippen LogP contribution in [0.3, 0.4) is 0 Å². The molecule has 0 aromatic rings. The van der Waals surface area contributed by atoms with Gasteiger partial charge >= 0.3 is 0 Å². The number of hydrogen-bond donors (Lipinski definition) is 2. The first-order chi connectivity index (χ1) is 8.22. The van der Waals surface area contributed by atoms with Gasteiger partial charge in [0.2, 0.25) is 11.8 Å². The summed E-state index contributed by atoms with van der Waals surface area (Å²) >= 11 is 0. The number of hydrogen-bond acceptors (Lipinski definition) is 3. The lowest BCUT2D eigenvalue weighted by Gasteiger charge is -2.17. The van der Waals surface area contributed by atoms with Gasteiger partial charge in [0.1, 0.15) is 6.04 Å². The second kappa shape index (κ2) is 4.29. The first-order valence-electron chi connectivity index (χ1n) is 6.56. The smallest absolute Gasteiger partial charge is 0.242 e. The van der Waals surface area contributed by atoms with E-state index < -0.39 is 0 Å². The number of nitrogens with zero attached hydrogens (tertiary/aromatic N) is 1. The van der Waals surface area contributed by atoms with Gasteiger partial charge in [-0.1, -0.05) is 0 Å². The standard InChI is InChI=1S/C12H19N3O2/c16-11-4-3-10(14-11)12(17)13-8-5-6-15(7-8)9-1-2-9/h8-10H,1-7H2,(H,13,17)(H,14,16). The lowest BCUT2D eigenvalue weighted by molar-refractivity contribution is -0.126. The van der Waals surface area contributed by atoms with E-state index >= 15 is 0 Å². The molecular formula is C12H19N3O2. The summed E-state index contributed by atoms with van der Waals surface area (Å²) in [6.45, 7) is 2.09. The van der Waals surface area contributed by atoms with Crippen LogP contribution in [-0.2, 0) is 9.59 Å². The summed E-state index contributed by atoms with van der Waals surface area (Å²) in [5.41, 5.74) is 0. The molecule has 2 aliphatic heterocycles. The molecule has 5 heteroatoms. The lowest BCUT2D eigenvalue weighted by atomic mass is 10.2. The lowest BCUT2D eigenvalue weighted by Crippen LogP contribution is -2.46. The summed E-state index contributed by atoms with van der Waals surface area (Å²) in [5, 5.41) is 5.77. The predicted octanol–water partition coefficient (Wildman–Crippen LogP) is -0.382. The Kier molecular flexibility index (Phi) is 2.78. The van der Waals surface area contributed by atoms with E-state index in [4.69, 9.17) is 0 Å². The maximum Gasteiger partial charge on any atom is 0.242 e. The van der Waals surface area contributed by atoms with Gasteiger partial charge in [-0.05, 0) is 25.7 Å². The molecule has 2 atom stereocenters. The molecule has 17 heavy (non-hydrogen) atoms. The molecule has 3 rings (SSSR count). The molecule has 2 amide bonds. The molecule has 94 valence electrons. The zero-order valence-corrected chi connectivity index (χ0v) is 9.95. The Balaban J connectivity index is 1.47. The summed E-state index contributed by atoms with van der Waals surface area (Å²) in [6, 6.07) is 0.765. The Morgan fingerprint density at radius 2 is 2.12 bits per heavy atom. The molecular weight excluding hydrogens is 218 g/mol. The van der Waals surface area contributed by atoms with E-state index in [1.165, 1.54) is 12.8 Å². The number of rotatable bonds is 3. The summed E-state index contributed by atoms with van der Waals surface area (Å²) in [5.74, 6) is -0.00493. The van der Waals surface area contributed by atoms with Crippen molar-refractivity contribution in [3.63, 3.8) is 0 Å². The van der Waals surface area contributed by atoms with Crippen molar-refractivity contribution in [3.8, 4) is 0 Å². The highest BCUT2D eigenvalue weighted by molar-refractivity contribution is 5.90. The van der Waals surface area contributed by atoms with Crippen LogP contribution in [0.4, 0.5) is 0 Å². The van der Waals surface area contributed by atoms with E-state index in [1.807, 2.05) is 0 Å². The predicted molar refractivity (Wildman–Crippen MR) is 62.3 cm³/mol. The van der Waals surface area contributed by atoms with Gasteiger partial charge in [-0.25, -0.2) is 0 Å². The van der Waals surface area contributed by atoms with Gasteiger partial charge in [-0.2, -0.15) is 0 Å². The third-order valence-electron chi connectivity index (χ3n) is 3.94. The first-order valence-corrected chi connectivity index (χ1v) is 6.56. The molecule has 3 fully saturated rings. The molecule has 0 aromatic carbocycles. The van der Waals surface area contributed by atoms with Crippen molar-refractivity contribution in [2.75, 3.05) is 13.1 Å². The van der Waals surface area contributed by atoms with Gasteiger partial charge in [0, 0.05) is 31.6 Å². The summed E-state index contributed by atoms with van der Waals surface area (Å²) in [4.78, 5) is 25.4. The molecule has 5 nitrogen and oxygen atoms in total. The van der Waals surface area contributed by atoms with Gasteiger partial charge in [-0.3, -0.25) is 14.5 Å². The Labute approximate surface area is 101 Å². The van der Waals surface area contributed by atoms with E-state index in [1.54, 1.807) is 0 Å². The zero-order chi connectivity index (χ0) is 11.8. The van der Waals surface area contributed by atoms with Crippen LogP contribution in [0.25, 0.3) is 0 Å². The van der Waals surface area contributed by atoms with Crippen LogP contribution in [0.2, 0.25) is 0 Å². The molecule has 1 saturated carbocycles. The van der Waals surface area contributed by atoms with Gasteiger partial charge in [-0.15, -0.1) is 0 Å². The highest BCUT2D eigenvalue weighted by atomic mass is 16.2. The van der Waals surface area contributed by atoms with E-state index in [0.29, 0.717) is 12.8 Å². The minimum Gasteiger partial charge on any atom is -0.350 e. The van der Waals surface area contributed by atoms with E-state index in [0.717, 1.165) is 25.6 Å². The highest BCUT2D eigenvalue weighted by Crippen LogP contribution is 2.29. The minimum absolute atomic E-state index is 0.00139. The molecule has 0 radical (unpaired) electrons. The van der Waals surface area contributed by atoms with Crippen LogP contribution in [0.5, 0.6) is 0 Å². The molecule has 0 spiro atoms. The molecule has 1 aliphatic carbocycles. The average Bonchev–Trinajstić information content (AvgIpc) is 2.90. The van der Waals surface area contributed by atoms with E-state index in [9.17, 15) is 9.59 Å². The minimum atomic E-state index is -0.294. The van der Waals surface area contributed by atoms with Crippen molar-refractivity contribution in [2.24, 2.45) is 0 Å². The first kappa shape index (κ1) is 11.0. The quantitative estimate of drug-likeness (QED) is 0.703. The second-order valence-electron chi connectivity index (χ2n) is 5.38. The molecule has 0 aromatic heterocycles. The SMILES string of the molecule is O=C1CCC(C(=O)NC2CCN(C3CC3)C2)N1. The normalized spacial score (nSPS) is 33.8. The fourth-order valence-electron chi connectivity index (χ4n) is 2.79. The molecule has 2 N–H and O–H groups in total. The molecule has 2 unspecified atom stereocenters. The van der Waals surface area contributed by atoms with Crippen molar-refractivity contribution in [3.05, 3.63) is 0 Å². The van der Waals surface area contributed by atoms with Crippen LogP contribution in [0.15, 0.2) is 0 Å². The third kappa shape index (κ3) is 2.44. The highest BCUT2D eigenvalue weighted by Gasteiger charge is 2.36.